The van der Waals surface area contributed by atoms with Crippen LogP contribution in [0.2, 0.25) is 0 Å². The molecule has 0 saturated heterocycles. The van der Waals surface area contributed by atoms with Crippen molar-refractivity contribution in [3.63, 3.8) is 0 Å². The summed E-state index contributed by atoms with van der Waals surface area (Å²) in [4.78, 5) is 0. The van der Waals surface area contributed by atoms with Gasteiger partial charge in [-0.3, -0.25) is 0 Å². The van der Waals surface area contributed by atoms with Crippen LogP contribution in [0.3, 0.4) is 0 Å². The third kappa shape index (κ3) is 21.2. The van der Waals surface area contributed by atoms with E-state index < -0.39 is 0 Å². The molecule has 0 aromatic heterocycles. The van der Waals surface area contributed by atoms with E-state index in [1.807, 2.05) is 0 Å². The maximum atomic E-state index is 4.43. The van der Waals surface area contributed by atoms with Crippen LogP contribution in [0.4, 0.5) is 0 Å². The SMILES string of the molecule is C=C(CC)P(CCCCCCCCCCCC)CCCCCCCCCCCC. The number of hydrogen-bond acceptors (Lipinski definition) is 0. The molecule has 29 heavy (non-hydrogen) atoms. The molecule has 0 amide bonds. The standard InChI is InChI=1S/C28H57P/c1-5-8-10-12-14-16-18-20-22-24-26-29(28(4)7-3)27-25-23-21-19-17-15-13-11-9-6-2/h4-27H2,1-3H3. The van der Waals surface area contributed by atoms with Crippen molar-refractivity contribution in [1.29, 1.82) is 0 Å². The molecule has 0 saturated carbocycles. The van der Waals surface area contributed by atoms with Gasteiger partial charge in [0.15, 0.2) is 0 Å². The van der Waals surface area contributed by atoms with Crippen LogP contribution in [0.5, 0.6) is 0 Å². The predicted molar refractivity (Wildman–Crippen MR) is 140 cm³/mol. The molecule has 1 heteroatoms. The molecule has 0 fully saturated rings. The smallest absolute Gasteiger partial charge is 0.0289 e. The van der Waals surface area contributed by atoms with E-state index in [9.17, 15) is 0 Å². The van der Waals surface area contributed by atoms with Gasteiger partial charge in [-0.1, -0.05) is 156 Å². The molecule has 0 unspecified atom stereocenters. The van der Waals surface area contributed by atoms with Gasteiger partial charge >= 0.3 is 0 Å². The fraction of sp³-hybridized carbons (Fsp3) is 0.929. The highest BCUT2D eigenvalue weighted by atomic mass is 31.1. The average molecular weight is 425 g/mol. The van der Waals surface area contributed by atoms with E-state index in [1.165, 1.54) is 147 Å². The van der Waals surface area contributed by atoms with Gasteiger partial charge in [0.25, 0.3) is 0 Å². The Hall–Kier alpha value is 0.170. The van der Waals surface area contributed by atoms with Crippen molar-refractivity contribution < 1.29 is 0 Å². The molecule has 0 aliphatic heterocycles. The monoisotopic (exact) mass is 424 g/mol. The second kappa shape index (κ2) is 24.4. The van der Waals surface area contributed by atoms with Crippen LogP contribution < -0.4 is 0 Å². The zero-order valence-electron chi connectivity index (χ0n) is 20.9. The van der Waals surface area contributed by atoms with Crippen LogP contribution in [0.25, 0.3) is 0 Å². The average Bonchev–Trinajstić information content (AvgIpc) is 2.74. The Labute approximate surface area is 187 Å². The molecule has 0 radical (unpaired) electrons. The summed E-state index contributed by atoms with van der Waals surface area (Å²) < 4.78 is 0. The first kappa shape index (κ1) is 29.2. The van der Waals surface area contributed by atoms with E-state index in [0.29, 0.717) is 0 Å². The molecule has 0 bridgehead atoms. The van der Waals surface area contributed by atoms with Crippen molar-refractivity contribution in [3.05, 3.63) is 11.9 Å². The van der Waals surface area contributed by atoms with Crippen molar-refractivity contribution in [2.45, 2.75) is 156 Å². The first-order valence-electron chi connectivity index (χ1n) is 13.7. The summed E-state index contributed by atoms with van der Waals surface area (Å²) in [5.74, 6) is 0. The molecule has 174 valence electrons. The van der Waals surface area contributed by atoms with Crippen LogP contribution in [-0.4, -0.2) is 12.3 Å². The minimum atomic E-state index is 0.115. The first-order chi connectivity index (χ1) is 14.3. The second-order valence-electron chi connectivity index (χ2n) is 9.27. The summed E-state index contributed by atoms with van der Waals surface area (Å²) in [6, 6.07) is 0. The van der Waals surface area contributed by atoms with E-state index >= 15 is 0 Å². The lowest BCUT2D eigenvalue weighted by atomic mass is 10.1. The molecule has 0 atom stereocenters. The summed E-state index contributed by atoms with van der Waals surface area (Å²) in [7, 11) is 0.115. The van der Waals surface area contributed by atoms with Crippen LogP contribution in [0, 0.1) is 0 Å². The Morgan fingerprint density at radius 2 is 0.724 bits per heavy atom. The summed E-state index contributed by atoms with van der Waals surface area (Å²) in [5.41, 5.74) is 0. The molecule has 0 nitrogen and oxygen atoms in total. The van der Waals surface area contributed by atoms with Gasteiger partial charge in [0.1, 0.15) is 0 Å². The third-order valence-corrected chi connectivity index (χ3v) is 9.34. The molecule has 0 heterocycles. The van der Waals surface area contributed by atoms with E-state index in [4.69, 9.17) is 0 Å². The van der Waals surface area contributed by atoms with E-state index in [0.717, 1.165) is 0 Å². The van der Waals surface area contributed by atoms with Crippen LogP contribution >= 0.6 is 7.92 Å². The highest BCUT2D eigenvalue weighted by molar-refractivity contribution is 7.62. The number of allylic oxidation sites excluding steroid dienone is 1. The Balaban J connectivity index is 3.59. The van der Waals surface area contributed by atoms with Crippen LogP contribution in [0.1, 0.15) is 156 Å². The lowest BCUT2D eigenvalue weighted by molar-refractivity contribution is 0.561. The van der Waals surface area contributed by atoms with Crippen molar-refractivity contribution in [2.24, 2.45) is 0 Å². The molecule has 0 aromatic rings. The highest BCUT2D eigenvalue weighted by Crippen LogP contribution is 2.47. The van der Waals surface area contributed by atoms with Gasteiger partial charge in [-0.2, -0.15) is 0 Å². The molecule has 0 spiro atoms. The summed E-state index contributed by atoms with van der Waals surface area (Å²) in [6.45, 7) is 11.4. The van der Waals surface area contributed by atoms with E-state index in [2.05, 4.69) is 27.4 Å². The zero-order chi connectivity index (χ0) is 21.4. The minimum Gasteiger partial charge on any atom is -0.0954 e. The van der Waals surface area contributed by atoms with Gasteiger partial charge in [0, 0.05) is 0 Å². The molecule has 0 aromatic carbocycles. The van der Waals surface area contributed by atoms with Crippen LogP contribution in [-0.2, 0) is 0 Å². The topological polar surface area (TPSA) is 0 Å². The Morgan fingerprint density at radius 1 is 0.448 bits per heavy atom. The van der Waals surface area contributed by atoms with Gasteiger partial charge < -0.3 is 0 Å². The Morgan fingerprint density at radius 3 is 1.00 bits per heavy atom. The fourth-order valence-electron chi connectivity index (χ4n) is 4.23. The number of unbranched alkanes of at least 4 members (excludes halogenated alkanes) is 18. The van der Waals surface area contributed by atoms with Gasteiger partial charge in [0.2, 0.25) is 0 Å². The minimum absolute atomic E-state index is 0.115. The molecule has 0 aliphatic rings. The molecular formula is C28H57P. The lowest BCUT2D eigenvalue weighted by Gasteiger charge is -2.19. The summed E-state index contributed by atoms with van der Waals surface area (Å²) >= 11 is 0. The van der Waals surface area contributed by atoms with Crippen molar-refractivity contribution in [2.75, 3.05) is 12.3 Å². The van der Waals surface area contributed by atoms with Crippen LogP contribution in [0.15, 0.2) is 11.9 Å². The van der Waals surface area contributed by atoms with Crippen molar-refractivity contribution >= 4 is 7.92 Å². The molecular weight excluding hydrogens is 367 g/mol. The molecule has 0 N–H and O–H groups in total. The summed E-state index contributed by atoms with van der Waals surface area (Å²) in [5, 5.41) is 1.59. The Kier molecular flexibility index (Phi) is 24.6. The lowest BCUT2D eigenvalue weighted by Crippen LogP contribution is -1.94. The molecule has 0 aliphatic carbocycles. The largest absolute Gasteiger partial charge is 0.0954 e. The zero-order valence-corrected chi connectivity index (χ0v) is 21.8. The van der Waals surface area contributed by atoms with Gasteiger partial charge in [0.05, 0.1) is 0 Å². The fourth-order valence-corrected chi connectivity index (χ4v) is 6.75. The van der Waals surface area contributed by atoms with Gasteiger partial charge in [-0.15, -0.1) is 0 Å². The van der Waals surface area contributed by atoms with Crippen molar-refractivity contribution in [3.8, 4) is 0 Å². The normalized spacial score (nSPS) is 11.4. The maximum absolute atomic E-state index is 4.43. The number of rotatable bonds is 24. The Bertz CT molecular complexity index is 298. The molecule has 0 rings (SSSR count). The second-order valence-corrected chi connectivity index (χ2v) is 11.9. The van der Waals surface area contributed by atoms with Gasteiger partial charge in [-0.25, -0.2) is 0 Å². The maximum Gasteiger partial charge on any atom is -0.0289 e. The first-order valence-corrected chi connectivity index (χ1v) is 15.4. The van der Waals surface area contributed by atoms with E-state index in [-0.39, 0.29) is 7.92 Å². The highest BCUT2D eigenvalue weighted by Gasteiger charge is 2.10. The predicted octanol–water partition coefficient (Wildman–Crippen LogP) is 11.2. The summed E-state index contributed by atoms with van der Waals surface area (Å²) in [6.07, 6.45) is 33.2. The quantitative estimate of drug-likeness (QED) is 0.107. The van der Waals surface area contributed by atoms with Gasteiger partial charge in [-0.05, 0) is 31.6 Å². The van der Waals surface area contributed by atoms with E-state index in [1.54, 1.807) is 5.31 Å². The number of hydrogen-bond donors (Lipinski definition) is 0. The third-order valence-electron chi connectivity index (χ3n) is 6.42. The van der Waals surface area contributed by atoms with Crippen molar-refractivity contribution in [1.82, 2.24) is 0 Å².